The molecule has 0 saturated heterocycles. The largest absolute Gasteiger partial charge is 0.345 e. The number of hydrogen-bond acceptors (Lipinski definition) is 3. The Morgan fingerprint density at radius 2 is 1.62 bits per heavy atom. The maximum absolute atomic E-state index is 12.9. The van der Waals surface area contributed by atoms with E-state index in [1.165, 1.54) is 15.3 Å². The second-order valence-electron chi connectivity index (χ2n) is 5.38. The molecule has 0 aromatic heterocycles. The van der Waals surface area contributed by atoms with Crippen molar-refractivity contribution in [2.24, 2.45) is 0 Å². The molecule has 0 aliphatic carbocycles. The number of carbonyl (C=O) groups is 1. The van der Waals surface area contributed by atoms with Gasteiger partial charge >= 0.3 is 0 Å². The van der Waals surface area contributed by atoms with E-state index < -0.39 is 10.0 Å². The van der Waals surface area contributed by atoms with Crippen molar-refractivity contribution in [3.8, 4) is 0 Å². The van der Waals surface area contributed by atoms with Gasteiger partial charge in [0.15, 0.2) is 0 Å². The van der Waals surface area contributed by atoms with Crippen molar-refractivity contribution >= 4 is 21.6 Å². The molecule has 0 heterocycles. The Morgan fingerprint density at radius 3 is 2.12 bits per heavy atom. The van der Waals surface area contributed by atoms with E-state index in [9.17, 15) is 13.2 Å². The van der Waals surface area contributed by atoms with Gasteiger partial charge in [-0.3, -0.25) is 9.10 Å². The van der Waals surface area contributed by atoms with Crippen LogP contribution < -0.4 is 4.31 Å². The molecule has 0 fully saturated rings. The summed E-state index contributed by atoms with van der Waals surface area (Å²) < 4.78 is 27.0. The van der Waals surface area contributed by atoms with Gasteiger partial charge in [-0.2, -0.15) is 0 Å². The van der Waals surface area contributed by atoms with Gasteiger partial charge in [-0.25, -0.2) is 8.42 Å². The molecule has 0 bridgehead atoms. The van der Waals surface area contributed by atoms with E-state index in [1.54, 1.807) is 68.7 Å². The molecule has 5 nitrogen and oxygen atoms in total. The van der Waals surface area contributed by atoms with Crippen LogP contribution in [0.4, 0.5) is 5.69 Å². The highest BCUT2D eigenvalue weighted by Crippen LogP contribution is 2.24. The van der Waals surface area contributed by atoms with Crippen molar-refractivity contribution < 1.29 is 13.2 Å². The zero-order chi connectivity index (χ0) is 17.7. The summed E-state index contributed by atoms with van der Waals surface area (Å²) in [6.45, 7) is 3.77. The van der Waals surface area contributed by atoms with E-state index in [2.05, 4.69) is 6.58 Å². The molecule has 0 radical (unpaired) electrons. The molecule has 2 rings (SSSR count). The second kappa shape index (κ2) is 7.31. The molecule has 1 amide bonds. The molecule has 0 aliphatic heterocycles. The monoisotopic (exact) mass is 344 g/mol. The highest BCUT2D eigenvalue weighted by Gasteiger charge is 2.24. The summed E-state index contributed by atoms with van der Waals surface area (Å²) in [6, 6.07) is 14.7. The molecule has 0 N–H and O–H groups in total. The van der Waals surface area contributed by atoms with Gasteiger partial charge < -0.3 is 4.90 Å². The van der Waals surface area contributed by atoms with Crippen LogP contribution in [0.1, 0.15) is 10.4 Å². The summed E-state index contributed by atoms with van der Waals surface area (Å²) >= 11 is 0. The van der Waals surface area contributed by atoms with Gasteiger partial charge in [-0.05, 0) is 36.4 Å². The summed E-state index contributed by atoms with van der Waals surface area (Å²) in [5, 5.41) is 0. The third-order valence-corrected chi connectivity index (χ3v) is 5.24. The van der Waals surface area contributed by atoms with E-state index in [1.807, 2.05) is 0 Å². The number of benzene rings is 2. The Morgan fingerprint density at radius 1 is 1.04 bits per heavy atom. The lowest BCUT2D eigenvalue weighted by Crippen LogP contribution is -2.31. The summed E-state index contributed by atoms with van der Waals surface area (Å²) in [7, 11) is -0.365. The van der Waals surface area contributed by atoms with Crippen LogP contribution in [0.3, 0.4) is 0 Å². The first-order valence-corrected chi connectivity index (χ1v) is 8.82. The van der Waals surface area contributed by atoms with Crippen molar-refractivity contribution in [1.82, 2.24) is 4.90 Å². The third kappa shape index (κ3) is 3.65. The first-order chi connectivity index (χ1) is 11.4. The first kappa shape index (κ1) is 17.7. The Labute approximate surface area is 142 Å². The lowest BCUT2D eigenvalue weighted by Gasteiger charge is -2.23. The number of nitrogens with zero attached hydrogens (tertiary/aromatic N) is 2. The summed E-state index contributed by atoms with van der Waals surface area (Å²) in [6.07, 6.45) is 1.53. The van der Waals surface area contributed by atoms with Crippen LogP contribution in [-0.4, -0.2) is 39.9 Å². The Hall–Kier alpha value is -2.60. The molecule has 0 saturated carbocycles. The number of sulfonamides is 1. The summed E-state index contributed by atoms with van der Waals surface area (Å²) in [5.74, 6) is -0.136. The minimum atomic E-state index is -3.70. The SMILES string of the molecule is C=CCN(c1ccc(C(=O)N(C)C)cc1)S(=O)(=O)c1ccccc1. The lowest BCUT2D eigenvalue weighted by molar-refractivity contribution is 0.0827. The van der Waals surface area contributed by atoms with E-state index >= 15 is 0 Å². The predicted octanol–water partition coefficient (Wildman–Crippen LogP) is 2.77. The molecule has 24 heavy (non-hydrogen) atoms. The van der Waals surface area contributed by atoms with Crippen molar-refractivity contribution in [3.63, 3.8) is 0 Å². The van der Waals surface area contributed by atoms with E-state index in [0.29, 0.717) is 11.3 Å². The van der Waals surface area contributed by atoms with Gasteiger partial charge in [0, 0.05) is 19.7 Å². The van der Waals surface area contributed by atoms with Crippen LogP contribution in [0, 0.1) is 0 Å². The number of anilines is 1. The topological polar surface area (TPSA) is 57.7 Å². The molecule has 126 valence electrons. The maximum Gasteiger partial charge on any atom is 0.264 e. The summed E-state index contributed by atoms with van der Waals surface area (Å²) in [4.78, 5) is 13.6. The van der Waals surface area contributed by atoms with E-state index in [-0.39, 0.29) is 17.3 Å². The van der Waals surface area contributed by atoms with Crippen molar-refractivity contribution in [3.05, 3.63) is 72.8 Å². The number of rotatable bonds is 6. The van der Waals surface area contributed by atoms with Crippen LogP contribution in [0.5, 0.6) is 0 Å². The maximum atomic E-state index is 12.9. The smallest absolute Gasteiger partial charge is 0.264 e. The van der Waals surface area contributed by atoms with Crippen molar-refractivity contribution in [2.45, 2.75) is 4.90 Å². The van der Waals surface area contributed by atoms with E-state index in [0.717, 1.165) is 0 Å². The minimum Gasteiger partial charge on any atom is -0.345 e. The van der Waals surface area contributed by atoms with Crippen molar-refractivity contribution in [2.75, 3.05) is 24.9 Å². The van der Waals surface area contributed by atoms with E-state index in [4.69, 9.17) is 0 Å². The highest BCUT2D eigenvalue weighted by molar-refractivity contribution is 7.92. The summed E-state index contributed by atoms with van der Waals surface area (Å²) in [5.41, 5.74) is 0.980. The van der Waals surface area contributed by atoms with Gasteiger partial charge in [0.2, 0.25) is 0 Å². The Bertz CT molecular complexity index is 813. The normalized spacial score (nSPS) is 10.9. The molecule has 6 heteroatoms. The predicted molar refractivity (Wildman–Crippen MR) is 95.6 cm³/mol. The van der Waals surface area contributed by atoms with Crippen LogP contribution in [0.25, 0.3) is 0 Å². The first-order valence-electron chi connectivity index (χ1n) is 7.38. The average Bonchev–Trinajstić information content (AvgIpc) is 2.59. The zero-order valence-electron chi connectivity index (χ0n) is 13.7. The van der Waals surface area contributed by atoms with Crippen LogP contribution in [0.2, 0.25) is 0 Å². The molecule has 2 aromatic carbocycles. The quantitative estimate of drug-likeness (QED) is 0.757. The van der Waals surface area contributed by atoms with Crippen molar-refractivity contribution in [1.29, 1.82) is 0 Å². The lowest BCUT2D eigenvalue weighted by atomic mass is 10.2. The fourth-order valence-electron chi connectivity index (χ4n) is 2.21. The van der Waals surface area contributed by atoms with Gasteiger partial charge in [-0.15, -0.1) is 6.58 Å². The fraction of sp³-hybridized carbons (Fsp3) is 0.167. The zero-order valence-corrected chi connectivity index (χ0v) is 14.5. The van der Waals surface area contributed by atoms with Gasteiger partial charge in [0.05, 0.1) is 17.1 Å². The Balaban J connectivity index is 2.41. The van der Waals surface area contributed by atoms with Gasteiger partial charge in [-0.1, -0.05) is 24.3 Å². The van der Waals surface area contributed by atoms with Crippen LogP contribution in [-0.2, 0) is 10.0 Å². The second-order valence-corrected chi connectivity index (χ2v) is 7.25. The van der Waals surface area contributed by atoms with Crippen LogP contribution in [0.15, 0.2) is 72.1 Å². The van der Waals surface area contributed by atoms with Crippen LogP contribution >= 0.6 is 0 Å². The van der Waals surface area contributed by atoms with Gasteiger partial charge in [0.1, 0.15) is 0 Å². The average molecular weight is 344 g/mol. The fourth-order valence-corrected chi connectivity index (χ4v) is 3.66. The molecular weight excluding hydrogens is 324 g/mol. The molecule has 2 aromatic rings. The molecule has 0 spiro atoms. The minimum absolute atomic E-state index is 0.136. The van der Waals surface area contributed by atoms with Gasteiger partial charge in [0.25, 0.3) is 15.9 Å². The standard InChI is InChI=1S/C18H20N2O3S/c1-4-14-20(24(22,23)17-8-6-5-7-9-17)16-12-10-15(11-13-16)18(21)19(2)3/h4-13H,1,14H2,2-3H3. The molecular formula is C18H20N2O3S. The molecule has 0 aliphatic rings. The number of amides is 1. The number of hydrogen-bond donors (Lipinski definition) is 0. The number of carbonyl (C=O) groups excluding carboxylic acids is 1. The highest BCUT2D eigenvalue weighted by atomic mass is 32.2. The third-order valence-electron chi connectivity index (χ3n) is 3.43. The Kier molecular flexibility index (Phi) is 5.41. The molecule has 0 atom stereocenters. The molecule has 0 unspecified atom stereocenters.